The highest BCUT2D eigenvalue weighted by Gasteiger charge is 2.24. The third-order valence-corrected chi connectivity index (χ3v) is 3.42. The summed E-state index contributed by atoms with van der Waals surface area (Å²) in [5, 5.41) is 2.83. The van der Waals surface area contributed by atoms with Crippen LogP contribution in [0.4, 0.5) is 0 Å². The Morgan fingerprint density at radius 2 is 2.00 bits per heavy atom. The summed E-state index contributed by atoms with van der Waals surface area (Å²) >= 11 is 0. The Hall–Kier alpha value is 0.0700. The summed E-state index contributed by atoms with van der Waals surface area (Å²) in [5.74, 6) is 0. The van der Waals surface area contributed by atoms with E-state index in [9.17, 15) is 4.57 Å². The predicted octanol–water partition coefficient (Wildman–Crippen LogP) is 1.71. The van der Waals surface area contributed by atoms with Crippen LogP contribution < -0.4 is 5.09 Å². The summed E-state index contributed by atoms with van der Waals surface area (Å²) in [4.78, 5) is 2.00. The summed E-state index contributed by atoms with van der Waals surface area (Å²) < 4.78 is 22.4. The SMILES string of the molecule is CCOP(=O)(NCCN(C)C)OC(C)C. The molecule has 0 saturated heterocycles. The van der Waals surface area contributed by atoms with Crippen LogP contribution >= 0.6 is 7.75 Å². The van der Waals surface area contributed by atoms with E-state index in [4.69, 9.17) is 9.05 Å². The fraction of sp³-hybridized carbons (Fsp3) is 1.00. The zero-order valence-electron chi connectivity index (χ0n) is 10.3. The lowest BCUT2D eigenvalue weighted by Gasteiger charge is -2.21. The van der Waals surface area contributed by atoms with Crippen LogP contribution in [0.1, 0.15) is 20.8 Å². The highest BCUT2D eigenvalue weighted by molar-refractivity contribution is 7.51. The zero-order valence-corrected chi connectivity index (χ0v) is 11.2. The number of likely N-dealkylation sites (N-methyl/N-ethyl adjacent to an activating group) is 1. The maximum atomic E-state index is 12.0. The minimum Gasteiger partial charge on any atom is -0.308 e. The van der Waals surface area contributed by atoms with Crippen LogP contribution in [0, 0.1) is 0 Å². The fourth-order valence-electron chi connectivity index (χ4n) is 0.971. The van der Waals surface area contributed by atoms with E-state index >= 15 is 0 Å². The van der Waals surface area contributed by atoms with Gasteiger partial charge in [0.05, 0.1) is 12.7 Å². The Balaban J connectivity index is 4.07. The van der Waals surface area contributed by atoms with Crippen molar-refractivity contribution in [2.45, 2.75) is 26.9 Å². The minimum atomic E-state index is -3.11. The topological polar surface area (TPSA) is 50.8 Å². The lowest BCUT2D eigenvalue weighted by molar-refractivity contribution is 0.165. The number of hydrogen-bond donors (Lipinski definition) is 1. The van der Waals surface area contributed by atoms with Crippen molar-refractivity contribution < 1.29 is 13.6 Å². The van der Waals surface area contributed by atoms with Crippen molar-refractivity contribution in [3.8, 4) is 0 Å². The summed E-state index contributed by atoms with van der Waals surface area (Å²) in [7, 11) is 0.802. The first-order chi connectivity index (χ1) is 6.89. The molecule has 0 rings (SSSR count). The predicted molar refractivity (Wildman–Crippen MR) is 62.0 cm³/mol. The van der Waals surface area contributed by atoms with Gasteiger partial charge >= 0.3 is 7.75 Å². The van der Waals surface area contributed by atoms with Crippen molar-refractivity contribution >= 4 is 7.75 Å². The van der Waals surface area contributed by atoms with Crippen molar-refractivity contribution in [1.29, 1.82) is 0 Å². The third kappa shape index (κ3) is 7.94. The van der Waals surface area contributed by atoms with Gasteiger partial charge < -0.3 is 4.90 Å². The molecule has 0 bridgehead atoms. The molecular weight excluding hydrogens is 215 g/mol. The monoisotopic (exact) mass is 238 g/mol. The number of nitrogens with one attached hydrogen (secondary N) is 1. The summed E-state index contributed by atoms with van der Waals surface area (Å²) in [6, 6.07) is 0. The Morgan fingerprint density at radius 1 is 1.40 bits per heavy atom. The van der Waals surface area contributed by atoms with E-state index < -0.39 is 7.75 Å². The fourth-order valence-corrected chi connectivity index (χ4v) is 2.47. The molecular formula is C9H23N2O3P. The molecule has 0 heterocycles. The van der Waals surface area contributed by atoms with E-state index in [0.717, 1.165) is 6.54 Å². The van der Waals surface area contributed by atoms with Crippen molar-refractivity contribution in [2.24, 2.45) is 0 Å². The van der Waals surface area contributed by atoms with Gasteiger partial charge in [0.25, 0.3) is 0 Å². The average molecular weight is 238 g/mol. The number of rotatable bonds is 8. The number of hydrogen-bond acceptors (Lipinski definition) is 4. The van der Waals surface area contributed by atoms with Gasteiger partial charge in [0.15, 0.2) is 0 Å². The Morgan fingerprint density at radius 3 is 2.40 bits per heavy atom. The quantitative estimate of drug-likeness (QED) is 0.652. The summed E-state index contributed by atoms with van der Waals surface area (Å²) in [6.45, 7) is 7.21. The number of nitrogens with zero attached hydrogens (tertiary/aromatic N) is 1. The van der Waals surface area contributed by atoms with Gasteiger partial charge in [0.1, 0.15) is 0 Å². The highest BCUT2D eigenvalue weighted by Crippen LogP contribution is 2.44. The highest BCUT2D eigenvalue weighted by atomic mass is 31.2. The normalized spacial score (nSPS) is 15.9. The van der Waals surface area contributed by atoms with E-state index in [-0.39, 0.29) is 6.10 Å². The second kappa shape index (κ2) is 7.36. The zero-order chi connectivity index (χ0) is 11.9. The maximum Gasteiger partial charge on any atom is 0.405 e. The van der Waals surface area contributed by atoms with Gasteiger partial charge in [-0.25, -0.2) is 9.65 Å². The van der Waals surface area contributed by atoms with E-state index in [1.807, 2.05) is 32.8 Å². The van der Waals surface area contributed by atoms with Crippen molar-refractivity contribution in [3.63, 3.8) is 0 Å². The summed E-state index contributed by atoms with van der Waals surface area (Å²) in [5.41, 5.74) is 0. The first-order valence-corrected chi connectivity index (χ1v) is 6.76. The molecule has 0 aliphatic heterocycles. The molecule has 0 aromatic heterocycles. The average Bonchev–Trinajstić information content (AvgIpc) is 2.01. The van der Waals surface area contributed by atoms with E-state index in [1.54, 1.807) is 6.92 Å². The van der Waals surface area contributed by atoms with E-state index in [0.29, 0.717) is 13.2 Å². The molecule has 0 aliphatic rings. The lowest BCUT2D eigenvalue weighted by atomic mass is 10.5. The van der Waals surface area contributed by atoms with Gasteiger partial charge in [-0.15, -0.1) is 0 Å². The molecule has 0 aliphatic carbocycles. The van der Waals surface area contributed by atoms with E-state index in [2.05, 4.69) is 5.09 Å². The smallest absolute Gasteiger partial charge is 0.308 e. The van der Waals surface area contributed by atoms with Gasteiger partial charge in [-0.05, 0) is 34.9 Å². The van der Waals surface area contributed by atoms with Crippen molar-refractivity contribution in [1.82, 2.24) is 9.99 Å². The van der Waals surface area contributed by atoms with Gasteiger partial charge in [0, 0.05) is 13.1 Å². The van der Waals surface area contributed by atoms with Crippen LogP contribution in [-0.4, -0.2) is 44.8 Å². The second-order valence-corrected chi connectivity index (χ2v) is 5.56. The molecule has 1 N–H and O–H groups in total. The van der Waals surface area contributed by atoms with Crippen LogP contribution in [0.3, 0.4) is 0 Å². The molecule has 1 unspecified atom stereocenters. The molecule has 0 fully saturated rings. The second-order valence-electron chi connectivity index (χ2n) is 3.78. The van der Waals surface area contributed by atoms with Gasteiger partial charge in [-0.1, -0.05) is 0 Å². The van der Waals surface area contributed by atoms with Crippen molar-refractivity contribution in [3.05, 3.63) is 0 Å². The Bertz CT molecular complexity index is 210. The molecule has 0 spiro atoms. The molecule has 92 valence electrons. The maximum absolute atomic E-state index is 12.0. The summed E-state index contributed by atoms with van der Waals surface area (Å²) in [6.07, 6.45) is -0.116. The molecule has 1 atom stereocenters. The van der Waals surface area contributed by atoms with Crippen molar-refractivity contribution in [2.75, 3.05) is 33.8 Å². The molecule has 0 aromatic rings. The lowest BCUT2D eigenvalue weighted by Crippen LogP contribution is -2.26. The molecule has 0 radical (unpaired) electrons. The Labute approximate surface area is 92.7 Å². The van der Waals surface area contributed by atoms with Gasteiger partial charge in [-0.2, -0.15) is 0 Å². The van der Waals surface area contributed by atoms with Gasteiger partial charge in [-0.3, -0.25) is 9.05 Å². The van der Waals surface area contributed by atoms with Crippen LogP contribution in [0.15, 0.2) is 0 Å². The minimum absolute atomic E-state index is 0.116. The molecule has 5 nitrogen and oxygen atoms in total. The van der Waals surface area contributed by atoms with Crippen LogP contribution in [0.5, 0.6) is 0 Å². The molecule has 0 amide bonds. The Kier molecular flexibility index (Phi) is 7.40. The van der Waals surface area contributed by atoms with Crippen LogP contribution in [0.2, 0.25) is 0 Å². The standard InChI is InChI=1S/C9H23N2O3P/c1-6-13-15(12,14-9(2)3)10-7-8-11(4)5/h9H,6-8H2,1-5H3,(H,10,12). The molecule has 15 heavy (non-hydrogen) atoms. The molecule has 0 aromatic carbocycles. The third-order valence-electron chi connectivity index (χ3n) is 1.51. The first-order valence-electron chi connectivity index (χ1n) is 5.22. The largest absolute Gasteiger partial charge is 0.405 e. The van der Waals surface area contributed by atoms with Gasteiger partial charge in [0.2, 0.25) is 0 Å². The first kappa shape index (κ1) is 15.1. The van der Waals surface area contributed by atoms with Crippen LogP contribution in [0.25, 0.3) is 0 Å². The molecule has 0 saturated carbocycles. The molecule has 6 heteroatoms. The van der Waals surface area contributed by atoms with Crippen LogP contribution in [-0.2, 0) is 13.6 Å². The van der Waals surface area contributed by atoms with E-state index in [1.165, 1.54) is 0 Å².